The van der Waals surface area contributed by atoms with Crippen molar-refractivity contribution in [3.05, 3.63) is 34.4 Å². The SMILES string of the molecule is Cc1ccc(C(C)C)c2c1CCOC2. The highest BCUT2D eigenvalue weighted by molar-refractivity contribution is 5.42. The molecule has 1 aromatic carbocycles. The van der Waals surface area contributed by atoms with Crippen molar-refractivity contribution < 1.29 is 4.74 Å². The third-order valence-corrected chi connectivity index (χ3v) is 3.07. The largest absolute Gasteiger partial charge is 0.376 e. The van der Waals surface area contributed by atoms with E-state index in [9.17, 15) is 0 Å². The summed E-state index contributed by atoms with van der Waals surface area (Å²) < 4.78 is 5.54. The molecule has 0 atom stereocenters. The van der Waals surface area contributed by atoms with Crippen molar-refractivity contribution >= 4 is 0 Å². The van der Waals surface area contributed by atoms with Gasteiger partial charge in [0.05, 0.1) is 13.2 Å². The number of hydrogen-bond acceptors (Lipinski definition) is 1. The van der Waals surface area contributed by atoms with E-state index in [1.165, 1.54) is 22.3 Å². The zero-order chi connectivity index (χ0) is 10.1. The summed E-state index contributed by atoms with van der Waals surface area (Å²) in [5.41, 5.74) is 5.87. The van der Waals surface area contributed by atoms with Gasteiger partial charge in [0, 0.05) is 0 Å². The van der Waals surface area contributed by atoms with Crippen LogP contribution in [-0.2, 0) is 17.8 Å². The van der Waals surface area contributed by atoms with Gasteiger partial charge in [0.25, 0.3) is 0 Å². The van der Waals surface area contributed by atoms with E-state index >= 15 is 0 Å². The predicted molar refractivity (Wildman–Crippen MR) is 58.6 cm³/mol. The zero-order valence-electron chi connectivity index (χ0n) is 9.26. The Morgan fingerprint density at radius 2 is 2.00 bits per heavy atom. The summed E-state index contributed by atoms with van der Waals surface area (Å²) in [6.45, 7) is 8.40. The summed E-state index contributed by atoms with van der Waals surface area (Å²) in [6.07, 6.45) is 1.09. The van der Waals surface area contributed by atoms with E-state index in [2.05, 4.69) is 32.9 Å². The average Bonchev–Trinajstić information content (AvgIpc) is 2.18. The number of rotatable bonds is 1. The summed E-state index contributed by atoms with van der Waals surface area (Å²) >= 11 is 0. The van der Waals surface area contributed by atoms with Crippen LogP contribution in [0.15, 0.2) is 12.1 Å². The van der Waals surface area contributed by atoms with Crippen LogP contribution in [0.5, 0.6) is 0 Å². The Labute approximate surface area is 86.1 Å². The monoisotopic (exact) mass is 190 g/mol. The molecular weight excluding hydrogens is 172 g/mol. The molecule has 1 aliphatic rings. The molecule has 1 nitrogen and oxygen atoms in total. The molecule has 0 spiro atoms. The maximum atomic E-state index is 5.54. The molecule has 1 aromatic rings. The summed E-state index contributed by atoms with van der Waals surface area (Å²) in [4.78, 5) is 0. The second kappa shape index (κ2) is 3.74. The zero-order valence-corrected chi connectivity index (χ0v) is 9.26. The van der Waals surface area contributed by atoms with Crippen LogP contribution >= 0.6 is 0 Å². The first-order valence-corrected chi connectivity index (χ1v) is 5.39. The summed E-state index contributed by atoms with van der Waals surface area (Å²) in [5.74, 6) is 0.603. The molecule has 1 heterocycles. The minimum Gasteiger partial charge on any atom is -0.376 e. The van der Waals surface area contributed by atoms with Crippen LogP contribution in [0.2, 0.25) is 0 Å². The third-order valence-electron chi connectivity index (χ3n) is 3.07. The van der Waals surface area contributed by atoms with Crippen LogP contribution < -0.4 is 0 Å². The summed E-state index contributed by atoms with van der Waals surface area (Å²) in [5, 5.41) is 0. The number of benzene rings is 1. The first kappa shape index (κ1) is 9.72. The molecule has 76 valence electrons. The Bertz CT molecular complexity index is 339. The fraction of sp³-hybridized carbons (Fsp3) is 0.538. The maximum Gasteiger partial charge on any atom is 0.0722 e. The molecule has 0 saturated carbocycles. The van der Waals surface area contributed by atoms with Crippen molar-refractivity contribution in [3.63, 3.8) is 0 Å². The van der Waals surface area contributed by atoms with Gasteiger partial charge < -0.3 is 4.74 Å². The molecule has 0 aliphatic carbocycles. The number of fused-ring (bicyclic) bond motifs is 1. The normalized spacial score (nSPS) is 15.7. The Balaban J connectivity index is 2.53. The van der Waals surface area contributed by atoms with Crippen LogP contribution in [0, 0.1) is 6.92 Å². The fourth-order valence-electron chi connectivity index (χ4n) is 2.24. The molecule has 14 heavy (non-hydrogen) atoms. The standard InChI is InChI=1S/C13H18O/c1-9(2)11-5-4-10(3)12-6-7-14-8-13(11)12/h4-5,9H,6-8H2,1-3H3. The third kappa shape index (κ3) is 1.57. The molecule has 0 radical (unpaired) electrons. The topological polar surface area (TPSA) is 9.23 Å². The van der Waals surface area contributed by atoms with E-state index in [-0.39, 0.29) is 0 Å². The quantitative estimate of drug-likeness (QED) is 0.661. The lowest BCUT2D eigenvalue weighted by molar-refractivity contribution is 0.109. The van der Waals surface area contributed by atoms with Crippen LogP contribution in [0.1, 0.15) is 42.0 Å². The highest BCUT2D eigenvalue weighted by Crippen LogP contribution is 2.28. The van der Waals surface area contributed by atoms with Crippen LogP contribution in [0.4, 0.5) is 0 Å². The van der Waals surface area contributed by atoms with Crippen LogP contribution in [0.3, 0.4) is 0 Å². The van der Waals surface area contributed by atoms with E-state index < -0.39 is 0 Å². The Kier molecular flexibility index (Phi) is 2.60. The summed E-state index contributed by atoms with van der Waals surface area (Å²) in [7, 11) is 0. The van der Waals surface area contributed by atoms with Gasteiger partial charge in [-0.2, -0.15) is 0 Å². The smallest absolute Gasteiger partial charge is 0.0722 e. The van der Waals surface area contributed by atoms with Gasteiger partial charge in [-0.25, -0.2) is 0 Å². The first-order valence-electron chi connectivity index (χ1n) is 5.39. The minimum atomic E-state index is 0.603. The molecule has 0 amide bonds. The molecule has 0 N–H and O–H groups in total. The van der Waals surface area contributed by atoms with E-state index in [0.29, 0.717) is 5.92 Å². The van der Waals surface area contributed by atoms with Crippen LogP contribution in [-0.4, -0.2) is 6.61 Å². The van der Waals surface area contributed by atoms with Gasteiger partial charge in [-0.05, 0) is 41.5 Å². The van der Waals surface area contributed by atoms with Crippen molar-refractivity contribution in [1.82, 2.24) is 0 Å². The lowest BCUT2D eigenvalue weighted by atomic mass is 9.89. The maximum absolute atomic E-state index is 5.54. The highest BCUT2D eigenvalue weighted by atomic mass is 16.5. The Hall–Kier alpha value is -0.820. The van der Waals surface area contributed by atoms with Gasteiger partial charge >= 0.3 is 0 Å². The van der Waals surface area contributed by atoms with Crippen LogP contribution in [0.25, 0.3) is 0 Å². The average molecular weight is 190 g/mol. The number of aryl methyl sites for hydroxylation is 1. The lowest BCUT2D eigenvalue weighted by Crippen LogP contribution is -2.14. The Morgan fingerprint density at radius 3 is 2.71 bits per heavy atom. The van der Waals surface area contributed by atoms with E-state index in [1.54, 1.807) is 0 Å². The molecular formula is C13H18O. The van der Waals surface area contributed by atoms with E-state index in [0.717, 1.165) is 19.6 Å². The number of ether oxygens (including phenoxy) is 1. The van der Waals surface area contributed by atoms with Crippen molar-refractivity contribution in [1.29, 1.82) is 0 Å². The highest BCUT2D eigenvalue weighted by Gasteiger charge is 2.16. The second-order valence-electron chi connectivity index (χ2n) is 4.39. The van der Waals surface area contributed by atoms with E-state index in [4.69, 9.17) is 4.74 Å². The van der Waals surface area contributed by atoms with Gasteiger partial charge in [0.1, 0.15) is 0 Å². The van der Waals surface area contributed by atoms with Crippen molar-refractivity contribution in [2.45, 2.75) is 39.7 Å². The van der Waals surface area contributed by atoms with Gasteiger partial charge in [0.15, 0.2) is 0 Å². The van der Waals surface area contributed by atoms with Crippen molar-refractivity contribution in [2.75, 3.05) is 6.61 Å². The molecule has 0 saturated heterocycles. The Morgan fingerprint density at radius 1 is 1.21 bits per heavy atom. The minimum absolute atomic E-state index is 0.603. The molecule has 0 fully saturated rings. The summed E-state index contributed by atoms with van der Waals surface area (Å²) in [6, 6.07) is 4.51. The molecule has 2 rings (SSSR count). The second-order valence-corrected chi connectivity index (χ2v) is 4.39. The molecule has 0 aromatic heterocycles. The molecule has 0 bridgehead atoms. The van der Waals surface area contributed by atoms with Gasteiger partial charge in [-0.15, -0.1) is 0 Å². The molecule has 1 aliphatic heterocycles. The number of hydrogen-bond donors (Lipinski definition) is 0. The molecule has 1 heteroatoms. The first-order chi connectivity index (χ1) is 6.70. The fourth-order valence-corrected chi connectivity index (χ4v) is 2.24. The van der Waals surface area contributed by atoms with Gasteiger partial charge in [-0.1, -0.05) is 26.0 Å². The van der Waals surface area contributed by atoms with Crippen molar-refractivity contribution in [2.24, 2.45) is 0 Å². The molecule has 0 unspecified atom stereocenters. The van der Waals surface area contributed by atoms with Gasteiger partial charge in [-0.3, -0.25) is 0 Å². The van der Waals surface area contributed by atoms with Gasteiger partial charge in [0.2, 0.25) is 0 Å². The predicted octanol–water partition coefficient (Wildman–Crippen LogP) is 3.19. The van der Waals surface area contributed by atoms with E-state index in [1.807, 2.05) is 0 Å². The lowest BCUT2D eigenvalue weighted by Gasteiger charge is -2.23. The van der Waals surface area contributed by atoms with Crippen molar-refractivity contribution in [3.8, 4) is 0 Å².